The summed E-state index contributed by atoms with van der Waals surface area (Å²) in [7, 11) is 1.59. The summed E-state index contributed by atoms with van der Waals surface area (Å²) in [5, 5.41) is 5.71. The fourth-order valence-corrected chi connectivity index (χ4v) is 5.09. The van der Waals surface area contributed by atoms with Gasteiger partial charge in [0.2, 0.25) is 11.8 Å². The first-order valence-electron chi connectivity index (χ1n) is 11.1. The molecule has 7 heteroatoms. The monoisotopic (exact) mass is 482 g/mol. The summed E-state index contributed by atoms with van der Waals surface area (Å²) < 4.78 is 5.41. The van der Waals surface area contributed by atoms with Crippen molar-refractivity contribution in [2.75, 3.05) is 12.0 Å². The van der Waals surface area contributed by atoms with E-state index >= 15 is 0 Å². The zero-order chi connectivity index (χ0) is 23.2. The van der Waals surface area contributed by atoms with Gasteiger partial charge in [0.15, 0.2) is 0 Å². The molecule has 2 aromatic carbocycles. The average molecular weight is 483 g/mol. The van der Waals surface area contributed by atoms with Crippen LogP contribution in [0.15, 0.2) is 66.0 Å². The summed E-state index contributed by atoms with van der Waals surface area (Å²) in [6.45, 7) is 0. The summed E-state index contributed by atoms with van der Waals surface area (Å²) in [6, 6.07) is 17.5. The van der Waals surface area contributed by atoms with E-state index in [2.05, 4.69) is 5.32 Å². The van der Waals surface area contributed by atoms with Crippen molar-refractivity contribution < 1.29 is 14.3 Å². The Hall–Kier alpha value is -2.83. The van der Waals surface area contributed by atoms with Crippen LogP contribution in [0.1, 0.15) is 42.2 Å². The Morgan fingerprint density at radius 3 is 2.55 bits per heavy atom. The van der Waals surface area contributed by atoms with Crippen LogP contribution in [0.4, 0.5) is 5.69 Å². The Morgan fingerprint density at radius 1 is 1.12 bits per heavy atom. The Balaban J connectivity index is 1.77. The van der Waals surface area contributed by atoms with E-state index in [0.717, 1.165) is 30.6 Å². The number of nitrogens with zero attached hydrogens (tertiary/aromatic N) is 1. The average Bonchev–Trinajstić information content (AvgIpc) is 3.52. The largest absolute Gasteiger partial charge is 0.497 e. The van der Waals surface area contributed by atoms with Crippen molar-refractivity contribution in [3.05, 3.63) is 81.5 Å². The van der Waals surface area contributed by atoms with E-state index in [0.29, 0.717) is 22.0 Å². The number of carbonyl (C=O) groups is 2. The molecule has 0 unspecified atom stereocenters. The smallest absolute Gasteiger partial charge is 0.248 e. The molecule has 1 aliphatic rings. The van der Waals surface area contributed by atoms with E-state index in [1.54, 1.807) is 36.3 Å². The van der Waals surface area contributed by atoms with Crippen LogP contribution in [0.5, 0.6) is 5.75 Å². The highest BCUT2D eigenvalue weighted by Gasteiger charge is 2.34. The van der Waals surface area contributed by atoms with E-state index in [1.807, 2.05) is 41.8 Å². The molecule has 1 atom stereocenters. The maximum Gasteiger partial charge on any atom is 0.248 e. The van der Waals surface area contributed by atoms with Gasteiger partial charge in [-0.05, 0) is 66.2 Å². The van der Waals surface area contributed by atoms with Gasteiger partial charge in [-0.3, -0.25) is 14.5 Å². The molecule has 1 aliphatic carbocycles. The molecule has 33 heavy (non-hydrogen) atoms. The molecule has 0 spiro atoms. The number of halogens is 1. The Bertz CT molecular complexity index is 1080. The molecule has 1 aromatic heterocycles. The molecule has 0 saturated heterocycles. The SMILES string of the molecule is COc1cccc([C@H](C(=O)NC2CCCC2)N(C(=O)Cc2cccs2)c2ccc(Cl)cc2)c1. The summed E-state index contributed by atoms with van der Waals surface area (Å²) >= 11 is 7.65. The molecule has 0 aliphatic heterocycles. The van der Waals surface area contributed by atoms with Gasteiger partial charge in [0.1, 0.15) is 11.8 Å². The minimum atomic E-state index is -0.839. The molecule has 2 amide bonds. The zero-order valence-corrected chi connectivity index (χ0v) is 20.1. The van der Waals surface area contributed by atoms with Crippen LogP contribution in [0, 0.1) is 0 Å². The molecule has 3 aromatic rings. The summed E-state index contributed by atoms with van der Waals surface area (Å²) in [5.74, 6) is 0.284. The van der Waals surface area contributed by atoms with Crippen molar-refractivity contribution in [1.29, 1.82) is 0 Å². The molecule has 0 radical (unpaired) electrons. The molecular formula is C26H27ClN2O3S. The molecule has 1 fully saturated rings. The van der Waals surface area contributed by atoms with Crippen molar-refractivity contribution in [3.8, 4) is 5.75 Å². The molecular weight excluding hydrogens is 456 g/mol. The lowest BCUT2D eigenvalue weighted by atomic mass is 10.0. The van der Waals surface area contributed by atoms with Gasteiger partial charge >= 0.3 is 0 Å². The molecule has 1 saturated carbocycles. The number of amides is 2. The fourth-order valence-electron chi connectivity index (χ4n) is 4.27. The van der Waals surface area contributed by atoms with Gasteiger partial charge in [-0.2, -0.15) is 0 Å². The zero-order valence-electron chi connectivity index (χ0n) is 18.5. The molecule has 172 valence electrons. The van der Waals surface area contributed by atoms with Crippen molar-refractivity contribution in [2.24, 2.45) is 0 Å². The number of carbonyl (C=O) groups excluding carboxylic acids is 2. The predicted molar refractivity (Wildman–Crippen MR) is 133 cm³/mol. The van der Waals surface area contributed by atoms with Crippen molar-refractivity contribution in [1.82, 2.24) is 5.32 Å². The van der Waals surface area contributed by atoms with Gasteiger partial charge in [0.25, 0.3) is 0 Å². The number of anilines is 1. The number of benzene rings is 2. The van der Waals surface area contributed by atoms with Crippen molar-refractivity contribution in [2.45, 2.75) is 44.2 Å². The number of hydrogen-bond donors (Lipinski definition) is 1. The third-order valence-corrected chi connectivity index (χ3v) is 7.03. The van der Waals surface area contributed by atoms with E-state index in [9.17, 15) is 9.59 Å². The second-order valence-electron chi connectivity index (χ2n) is 8.17. The quantitative estimate of drug-likeness (QED) is 0.442. The predicted octanol–water partition coefficient (Wildman–Crippen LogP) is 5.79. The molecule has 1 N–H and O–H groups in total. The first-order valence-corrected chi connectivity index (χ1v) is 12.4. The minimum absolute atomic E-state index is 0.130. The molecule has 5 nitrogen and oxygen atoms in total. The first kappa shape index (κ1) is 23.3. The number of nitrogens with one attached hydrogen (secondary N) is 1. The van der Waals surface area contributed by atoms with E-state index < -0.39 is 6.04 Å². The highest BCUT2D eigenvalue weighted by atomic mass is 35.5. The van der Waals surface area contributed by atoms with Crippen molar-refractivity contribution >= 4 is 40.4 Å². The van der Waals surface area contributed by atoms with Gasteiger partial charge in [0, 0.05) is 21.6 Å². The highest BCUT2D eigenvalue weighted by molar-refractivity contribution is 7.10. The molecule has 0 bridgehead atoms. The lowest BCUT2D eigenvalue weighted by Crippen LogP contribution is -2.46. The Kier molecular flexibility index (Phi) is 7.68. The van der Waals surface area contributed by atoms with E-state index in [1.165, 1.54) is 11.3 Å². The second kappa shape index (κ2) is 10.9. The Morgan fingerprint density at radius 2 is 1.88 bits per heavy atom. The molecule has 4 rings (SSSR count). The number of rotatable bonds is 8. The topological polar surface area (TPSA) is 58.6 Å². The van der Waals surface area contributed by atoms with Gasteiger partial charge in [0.05, 0.1) is 13.5 Å². The van der Waals surface area contributed by atoms with Crippen LogP contribution in [-0.2, 0) is 16.0 Å². The lowest BCUT2D eigenvalue weighted by Gasteiger charge is -2.32. The van der Waals surface area contributed by atoms with Crippen molar-refractivity contribution in [3.63, 3.8) is 0 Å². The summed E-state index contributed by atoms with van der Waals surface area (Å²) in [5.41, 5.74) is 1.31. The van der Waals surface area contributed by atoms with Crippen LogP contribution in [-0.4, -0.2) is 25.0 Å². The number of methoxy groups -OCH3 is 1. The number of ether oxygens (including phenoxy) is 1. The van der Waals surface area contributed by atoms with E-state index in [4.69, 9.17) is 16.3 Å². The normalized spacial score (nSPS) is 14.6. The fraction of sp³-hybridized carbons (Fsp3) is 0.308. The van der Waals surface area contributed by atoms with Crippen LogP contribution < -0.4 is 15.0 Å². The molecule has 1 heterocycles. The van der Waals surface area contributed by atoms with Gasteiger partial charge in [-0.25, -0.2) is 0 Å². The van der Waals surface area contributed by atoms with Crippen LogP contribution in [0.2, 0.25) is 5.02 Å². The summed E-state index contributed by atoms with van der Waals surface area (Å²) in [6.07, 6.45) is 4.33. The maximum absolute atomic E-state index is 13.7. The third-order valence-electron chi connectivity index (χ3n) is 5.90. The van der Waals surface area contributed by atoms with Gasteiger partial charge in [-0.1, -0.05) is 42.6 Å². The standard InChI is InChI=1S/C26H27ClN2O3S/c1-32-22-9-4-6-18(16-22)25(26(31)28-20-7-2-3-8-20)29(21-13-11-19(27)12-14-21)24(30)17-23-10-5-15-33-23/h4-6,9-16,20,25H,2-3,7-8,17H2,1H3,(H,28,31)/t25-/m1/s1. The third kappa shape index (κ3) is 5.75. The van der Waals surface area contributed by atoms with E-state index in [-0.39, 0.29) is 24.3 Å². The maximum atomic E-state index is 13.7. The summed E-state index contributed by atoms with van der Waals surface area (Å²) in [4.78, 5) is 30.0. The Labute approximate surface area is 203 Å². The highest BCUT2D eigenvalue weighted by Crippen LogP contribution is 2.32. The van der Waals surface area contributed by atoms with Crippen LogP contribution >= 0.6 is 22.9 Å². The van der Waals surface area contributed by atoms with Gasteiger partial charge < -0.3 is 10.1 Å². The number of hydrogen-bond acceptors (Lipinski definition) is 4. The first-order chi connectivity index (χ1) is 16.0. The van der Waals surface area contributed by atoms with Gasteiger partial charge in [-0.15, -0.1) is 11.3 Å². The number of thiophene rings is 1. The van der Waals surface area contributed by atoms with Crippen LogP contribution in [0.25, 0.3) is 0 Å². The van der Waals surface area contributed by atoms with Crippen LogP contribution in [0.3, 0.4) is 0 Å². The second-order valence-corrected chi connectivity index (χ2v) is 9.63. The lowest BCUT2D eigenvalue weighted by molar-refractivity contribution is -0.127. The minimum Gasteiger partial charge on any atom is -0.497 e.